The molecule has 1 nitrogen and oxygen atoms in total. The fourth-order valence-electron chi connectivity index (χ4n) is 2.29. The number of hydrogen-bond acceptors (Lipinski definition) is 2. The Labute approximate surface area is 111 Å². The van der Waals surface area contributed by atoms with Crippen LogP contribution in [0.1, 0.15) is 30.0 Å². The summed E-state index contributed by atoms with van der Waals surface area (Å²) < 4.78 is 1.20. The Balaban J connectivity index is 1.91. The van der Waals surface area contributed by atoms with E-state index in [1.54, 1.807) is 0 Å². The lowest BCUT2D eigenvalue weighted by molar-refractivity contribution is 0.530. The third-order valence-electron chi connectivity index (χ3n) is 3.10. The maximum absolute atomic E-state index is 3.66. The molecule has 2 rings (SSSR count). The lowest BCUT2D eigenvalue weighted by Crippen LogP contribution is -2.20. The Morgan fingerprint density at radius 3 is 3.19 bits per heavy atom. The number of rotatable bonds is 5. The Bertz CT molecular complexity index is 354. The van der Waals surface area contributed by atoms with Crippen molar-refractivity contribution in [2.45, 2.75) is 25.3 Å². The van der Waals surface area contributed by atoms with Crippen molar-refractivity contribution in [3.8, 4) is 0 Å². The molecule has 0 spiro atoms. The molecule has 3 heteroatoms. The minimum Gasteiger partial charge on any atom is -0.310 e. The molecule has 1 aromatic carbocycles. The van der Waals surface area contributed by atoms with Crippen molar-refractivity contribution in [2.24, 2.45) is 0 Å². The predicted octanol–water partition coefficient (Wildman–Crippen LogP) is 3.78. The van der Waals surface area contributed by atoms with Crippen LogP contribution in [0.15, 0.2) is 22.7 Å². The standard InChI is InChI=1S/C13H18BrNS/c1-16-8-2-7-15-13-6-3-10-9-11(14)4-5-12(10)13/h4-5,9,13,15H,2-3,6-8H2,1H3. The first-order chi connectivity index (χ1) is 7.81. The highest BCUT2D eigenvalue weighted by Gasteiger charge is 2.21. The fraction of sp³-hybridized carbons (Fsp3) is 0.538. The van der Waals surface area contributed by atoms with Crippen LogP contribution in [0.4, 0.5) is 0 Å². The highest BCUT2D eigenvalue weighted by atomic mass is 79.9. The number of aryl methyl sites for hydroxylation is 1. The zero-order valence-corrected chi connectivity index (χ0v) is 12.0. The van der Waals surface area contributed by atoms with Gasteiger partial charge < -0.3 is 5.32 Å². The second kappa shape index (κ2) is 6.08. The van der Waals surface area contributed by atoms with E-state index in [9.17, 15) is 0 Å². The third-order valence-corrected chi connectivity index (χ3v) is 4.29. The Morgan fingerprint density at radius 1 is 1.50 bits per heavy atom. The molecule has 0 amide bonds. The van der Waals surface area contributed by atoms with Gasteiger partial charge in [0.2, 0.25) is 0 Å². The van der Waals surface area contributed by atoms with Gasteiger partial charge in [-0.1, -0.05) is 22.0 Å². The largest absolute Gasteiger partial charge is 0.310 e. The van der Waals surface area contributed by atoms with Crippen molar-refractivity contribution < 1.29 is 0 Å². The highest BCUT2D eigenvalue weighted by Crippen LogP contribution is 2.32. The van der Waals surface area contributed by atoms with Gasteiger partial charge in [0.05, 0.1) is 0 Å². The van der Waals surface area contributed by atoms with Crippen LogP contribution in [-0.2, 0) is 6.42 Å². The van der Waals surface area contributed by atoms with Crippen molar-refractivity contribution in [2.75, 3.05) is 18.6 Å². The molecule has 1 atom stereocenters. The summed E-state index contributed by atoms with van der Waals surface area (Å²) in [5, 5.41) is 3.66. The minimum atomic E-state index is 0.588. The first kappa shape index (κ1) is 12.5. The van der Waals surface area contributed by atoms with E-state index >= 15 is 0 Å². The van der Waals surface area contributed by atoms with Crippen molar-refractivity contribution >= 4 is 27.7 Å². The van der Waals surface area contributed by atoms with Crippen LogP contribution in [0.2, 0.25) is 0 Å². The number of nitrogens with one attached hydrogen (secondary N) is 1. The van der Waals surface area contributed by atoms with Gasteiger partial charge in [-0.05, 0) is 61.1 Å². The number of halogens is 1. The van der Waals surface area contributed by atoms with Gasteiger partial charge in [0.25, 0.3) is 0 Å². The van der Waals surface area contributed by atoms with Crippen LogP contribution < -0.4 is 5.32 Å². The molecule has 16 heavy (non-hydrogen) atoms. The van der Waals surface area contributed by atoms with Gasteiger partial charge in [-0.25, -0.2) is 0 Å². The zero-order valence-electron chi connectivity index (χ0n) is 9.63. The molecule has 0 radical (unpaired) electrons. The summed E-state index contributed by atoms with van der Waals surface area (Å²) >= 11 is 5.46. The maximum atomic E-state index is 3.66. The van der Waals surface area contributed by atoms with Crippen LogP contribution >= 0.6 is 27.7 Å². The summed E-state index contributed by atoms with van der Waals surface area (Å²) in [5.41, 5.74) is 3.02. The van der Waals surface area contributed by atoms with Crippen LogP contribution in [-0.4, -0.2) is 18.6 Å². The molecular weight excluding hydrogens is 282 g/mol. The smallest absolute Gasteiger partial charge is 0.0326 e. The molecule has 1 N–H and O–H groups in total. The molecule has 0 aromatic heterocycles. The van der Waals surface area contributed by atoms with E-state index in [1.165, 1.54) is 40.6 Å². The summed E-state index contributed by atoms with van der Waals surface area (Å²) in [6.45, 7) is 1.14. The second-order valence-electron chi connectivity index (χ2n) is 4.23. The van der Waals surface area contributed by atoms with Crippen molar-refractivity contribution in [1.82, 2.24) is 5.32 Å². The molecule has 88 valence electrons. The molecule has 0 aliphatic heterocycles. The zero-order chi connectivity index (χ0) is 11.4. The summed E-state index contributed by atoms with van der Waals surface area (Å²) in [4.78, 5) is 0. The number of thioether (sulfide) groups is 1. The molecule has 1 aromatic rings. The molecule has 0 fully saturated rings. The second-order valence-corrected chi connectivity index (χ2v) is 6.14. The average molecular weight is 300 g/mol. The van der Waals surface area contributed by atoms with Crippen molar-refractivity contribution in [3.63, 3.8) is 0 Å². The predicted molar refractivity (Wildman–Crippen MR) is 76.2 cm³/mol. The number of benzene rings is 1. The van der Waals surface area contributed by atoms with E-state index in [2.05, 4.69) is 45.7 Å². The molecular formula is C13H18BrNS. The summed E-state index contributed by atoms with van der Waals surface area (Å²) in [6.07, 6.45) is 5.91. The Morgan fingerprint density at radius 2 is 2.38 bits per heavy atom. The van der Waals surface area contributed by atoms with E-state index < -0.39 is 0 Å². The van der Waals surface area contributed by atoms with Gasteiger partial charge in [-0.2, -0.15) is 11.8 Å². The van der Waals surface area contributed by atoms with E-state index in [4.69, 9.17) is 0 Å². The monoisotopic (exact) mass is 299 g/mol. The van der Waals surface area contributed by atoms with Crippen LogP contribution in [0.5, 0.6) is 0 Å². The summed E-state index contributed by atoms with van der Waals surface area (Å²) in [7, 11) is 0. The van der Waals surface area contributed by atoms with Crippen LogP contribution in [0, 0.1) is 0 Å². The first-order valence-electron chi connectivity index (χ1n) is 5.82. The first-order valence-corrected chi connectivity index (χ1v) is 8.00. The Kier molecular flexibility index (Phi) is 4.74. The van der Waals surface area contributed by atoms with Crippen LogP contribution in [0.3, 0.4) is 0 Å². The van der Waals surface area contributed by atoms with E-state index in [-0.39, 0.29) is 0 Å². The third kappa shape index (κ3) is 3.02. The molecule has 1 unspecified atom stereocenters. The number of fused-ring (bicyclic) bond motifs is 1. The van der Waals surface area contributed by atoms with Gasteiger partial charge in [0, 0.05) is 10.5 Å². The topological polar surface area (TPSA) is 12.0 Å². The van der Waals surface area contributed by atoms with Crippen molar-refractivity contribution in [1.29, 1.82) is 0 Å². The van der Waals surface area contributed by atoms with E-state index in [0.29, 0.717) is 6.04 Å². The van der Waals surface area contributed by atoms with Crippen molar-refractivity contribution in [3.05, 3.63) is 33.8 Å². The average Bonchev–Trinajstić information content (AvgIpc) is 2.67. The van der Waals surface area contributed by atoms with Gasteiger partial charge in [0.1, 0.15) is 0 Å². The molecule has 0 saturated heterocycles. The fourth-order valence-corrected chi connectivity index (χ4v) is 3.13. The lowest BCUT2D eigenvalue weighted by atomic mass is 10.1. The quantitative estimate of drug-likeness (QED) is 0.831. The van der Waals surface area contributed by atoms with Gasteiger partial charge in [-0.15, -0.1) is 0 Å². The molecule has 1 aliphatic carbocycles. The number of hydrogen-bond donors (Lipinski definition) is 1. The van der Waals surface area contributed by atoms with Gasteiger partial charge in [0.15, 0.2) is 0 Å². The molecule has 0 heterocycles. The Hall–Kier alpha value is 0.01000. The highest BCUT2D eigenvalue weighted by molar-refractivity contribution is 9.10. The van der Waals surface area contributed by atoms with E-state index in [0.717, 1.165) is 6.54 Å². The van der Waals surface area contributed by atoms with Gasteiger partial charge >= 0.3 is 0 Å². The summed E-state index contributed by atoms with van der Waals surface area (Å²) in [6, 6.07) is 7.27. The van der Waals surface area contributed by atoms with Gasteiger partial charge in [-0.3, -0.25) is 0 Å². The molecule has 0 saturated carbocycles. The molecule has 1 aliphatic rings. The minimum absolute atomic E-state index is 0.588. The molecule has 0 bridgehead atoms. The maximum Gasteiger partial charge on any atom is 0.0326 e. The lowest BCUT2D eigenvalue weighted by Gasteiger charge is -2.13. The summed E-state index contributed by atoms with van der Waals surface area (Å²) in [5.74, 6) is 1.26. The normalized spacial score (nSPS) is 18.8. The van der Waals surface area contributed by atoms with E-state index in [1.807, 2.05) is 11.8 Å². The van der Waals surface area contributed by atoms with Crippen LogP contribution in [0.25, 0.3) is 0 Å². The SMILES string of the molecule is CSCCCNC1CCc2cc(Br)ccc21.